The molecule has 1 amide bonds. The summed E-state index contributed by atoms with van der Waals surface area (Å²) >= 11 is 1.40. The molecule has 0 fully saturated rings. The Labute approximate surface area is 147 Å². The number of carbonyl (C=O) groups excluding carboxylic acids is 1. The first-order valence-electron chi connectivity index (χ1n) is 8.13. The van der Waals surface area contributed by atoms with Crippen LogP contribution in [0.4, 0.5) is 0 Å². The zero-order valence-corrected chi connectivity index (χ0v) is 15.1. The molecule has 0 saturated carbocycles. The molecule has 2 rings (SSSR count). The Kier molecular flexibility index (Phi) is 7.06. The van der Waals surface area contributed by atoms with Crippen LogP contribution in [-0.4, -0.2) is 26.4 Å². The molecular weight excluding hydrogens is 320 g/mol. The Hall–Kier alpha value is -2.08. The van der Waals surface area contributed by atoms with Gasteiger partial charge in [-0.2, -0.15) is 0 Å². The average Bonchev–Trinajstić information content (AvgIpc) is 2.94. The lowest BCUT2D eigenvalue weighted by Gasteiger charge is -2.18. The van der Waals surface area contributed by atoms with E-state index in [1.54, 1.807) is 6.08 Å². The third-order valence-electron chi connectivity index (χ3n) is 3.66. The van der Waals surface area contributed by atoms with E-state index in [2.05, 4.69) is 41.1 Å². The van der Waals surface area contributed by atoms with Crippen molar-refractivity contribution >= 4 is 17.7 Å². The second-order valence-electron chi connectivity index (χ2n) is 5.54. The molecule has 0 saturated heterocycles. The Morgan fingerprint density at radius 3 is 2.79 bits per heavy atom. The number of allylic oxidation sites excluding steroid dienone is 1. The summed E-state index contributed by atoms with van der Waals surface area (Å²) in [6.45, 7) is 8.40. The number of hydrogen-bond acceptors (Lipinski definition) is 4. The van der Waals surface area contributed by atoms with Crippen LogP contribution in [0.3, 0.4) is 0 Å². The molecular formula is C18H24N4OS. The summed E-state index contributed by atoms with van der Waals surface area (Å²) in [5.74, 6) is 1.15. The zero-order chi connectivity index (χ0) is 17.4. The van der Waals surface area contributed by atoms with E-state index in [0.29, 0.717) is 12.3 Å². The Balaban J connectivity index is 1.95. The molecule has 1 aromatic heterocycles. The molecule has 0 aliphatic carbocycles. The lowest BCUT2D eigenvalue weighted by atomic mass is 10.0. The van der Waals surface area contributed by atoms with Gasteiger partial charge in [-0.3, -0.25) is 4.79 Å². The van der Waals surface area contributed by atoms with Crippen molar-refractivity contribution in [3.05, 3.63) is 54.4 Å². The van der Waals surface area contributed by atoms with E-state index >= 15 is 0 Å². The van der Waals surface area contributed by atoms with Gasteiger partial charge < -0.3 is 9.88 Å². The lowest BCUT2D eigenvalue weighted by molar-refractivity contribution is -0.119. The number of aromatic nitrogens is 3. The Morgan fingerprint density at radius 1 is 1.38 bits per heavy atom. The first-order chi connectivity index (χ1) is 11.7. The molecule has 2 aromatic rings. The number of aryl methyl sites for hydroxylation is 1. The predicted molar refractivity (Wildman–Crippen MR) is 97.9 cm³/mol. The molecule has 1 heterocycles. The van der Waals surface area contributed by atoms with Gasteiger partial charge in [0.1, 0.15) is 5.82 Å². The molecule has 0 aliphatic heterocycles. The zero-order valence-electron chi connectivity index (χ0n) is 14.2. The largest absolute Gasteiger partial charge is 0.349 e. The fourth-order valence-electron chi connectivity index (χ4n) is 2.47. The number of thioether (sulfide) groups is 1. The van der Waals surface area contributed by atoms with Crippen LogP contribution >= 0.6 is 11.8 Å². The summed E-state index contributed by atoms with van der Waals surface area (Å²) in [5, 5.41) is 12.1. The molecule has 0 aliphatic rings. The summed E-state index contributed by atoms with van der Waals surface area (Å²) in [5.41, 5.74) is 1.14. The summed E-state index contributed by atoms with van der Waals surface area (Å²) < 4.78 is 1.95. The highest BCUT2D eigenvalue weighted by Gasteiger charge is 2.15. The molecule has 5 nitrogen and oxygen atoms in total. The van der Waals surface area contributed by atoms with Gasteiger partial charge in [0.25, 0.3) is 0 Å². The highest BCUT2D eigenvalue weighted by Crippen LogP contribution is 2.20. The van der Waals surface area contributed by atoms with Gasteiger partial charge in [-0.25, -0.2) is 0 Å². The van der Waals surface area contributed by atoms with Crippen LogP contribution in [-0.2, 0) is 11.3 Å². The van der Waals surface area contributed by atoms with Crippen LogP contribution in [0.5, 0.6) is 0 Å². The number of benzene rings is 1. The van der Waals surface area contributed by atoms with Crippen molar-refractivity contribution in [2.45, 2.75) is 44.4 Å². The standard InChI is InChI=1S/C18H24N4OS/c1-4-9-16(15-10-7-6-8-11-15)19-17(23)13-24-18-21-20-14(3)22(18)12-5-2/h5-8,10-11,16H,2,4,9,12-13H2,1,3H3,(H,19,23)/t16-/m1/s1. The second-order valence-corrected chi connectivity index (χ2v) is 6.48. The Bertz CT molecular complexity index is 669. The molecule has 0 spiro atoms. The molecule has 24 heavy (non-hydrogen) atoms. The Morgan fingerprint density at radius 2 is 2.12 bits per heavy atom. The van der Waals surface area contributed by atoms with Gasteiger partial charge in [0, 0.05) is 6.54 Å². The molecule has 0 bridgehead atoms. The molecule has 1 aromatic carbocycles. The van der Waals surface area contributed by atoms with Gasteiger partial charge in [0.2, 0.25) is 5.91 Å². The van der Waals surface area contributed by atoms with E-state index in [9.17, 15) is 4.79 Å². The maximum absolute atomic E-state index is 12.3. The van der Waals surface area contributed by atoms with E-state index in [1.165, 1.54) is 11.8 Å². The molecule has 6 heteroatoms. The van der Waals surface area contributed by atoms with Crippen LogP contribution in [0.1, 0.15) is 37.2 Å². The van der Waals surface area contributed by atoms with E-state index in [-0.39, 0.29) is 11.9 Å². The van der Waals surface area contributed by atoms with Gasteiger partial charge in [-0.15, -0.1) is 16.8 Å². The number of hydrogen-bond donors (Lipinski definition) is 1. The van der Waals surface area contributed by atoms with Crippen LogP contribution in [0, 0.1) is 6.92 Å². The maximum Gasteiger partial charge on any atom is 0.230 e. The van der Waals surface area contributed by atoms with Crippen molar-refractivity contribution in [2.75, 3.05) is 5.75 Å². The minimum absolute atomic E-state index is 0.00751. The SMILES string of the molecule is C=CCn1c(C)nnc1SCC(=O)N[C@H](CCC)c1ccccc1. The highest BCUT2D eigenvalue weighted by molar-refractivity contribution is 7.99. The molecule has 1 N–H and O–H groups in total. The van der Waals surface area contributed by atoms with Crippen LogP contribution in [0.25, 0.3) is 0 Å². The van der Waals surface area contributed by atoms with Crippen LogP contribution < -0.4 is 5.32 Å². The monoisotopic (exact) mass is 344 g/mol. The van der Waals surface area contributed by atoms with Crippen molar-refractivity contribution < 1.29 is 4.79 Å². The van der Waals surface area contributed by atoms with Gasteiger partial charge in [-0.05, 0) is 18.9 Å². The van der Waals surface area contributed by atoms with Crippen molar-refractivity contribution in [2.24, 2.45) is 0 Å². The predicted octanol–water partition coefficient (Wildman–Crippen LogP) is 3.52. The third-order valence-corrected chi connectivity index (χ3v) is 4.63. The topological polar surface area (TPSA) is 59.8 Å². The molecule has 0 radical (unpaired) electrons. The second kappa shape index (κ2) is 9.27. The third kappa shape index (κ3) is 4.96. The van der Waals surface area contributed by atoms with E-state index in [1.807, 2.05) is 29.7 Å². The fraction of sp³-hybridized carbons (Fsp3) is 0.389. The van der Waals surface area contributed by atoms with Crippen molar-refractivity contribution in [1.29, 1.82) is 0 Å². The highest BCUT2D eigenvalue weighted by atomic mass is 32.2. The van der Waals surface area contributed by atoms with Gasteiger partial charge in [0.05, 0.1) is 11.8 Å². The summed E-state index contributed by atoms with van der Waals surface area (Å²) in [7, 11) is 0. The number of rotatable bonds is 9. The first kappa shape index (κ1) is 18.3. The van der Waals surface area contributed by atoms with Gasteiger partial charge in [0.15, 0.2) is 5.16 Å². The van der Waals surface area contributed by atoms with Crippen molar-refractivity contribution in [1.82, 2.24) is 20.1 Å². The molecule has 1 atom stereocenters. The summed E-state index contributed by atoms with van der Waals surface area (Å²) in [6.07, 6.45) is 3.74. The minimum Gasteiger partial charge on any atom is -0.349 e. The van der Waals surface area contributed by atoms with Crippen LogP contribution in [0.2, 0.25) is 0 Å². The maximum atomic E-state index is 12.3. The summed E-state index contributed by atoms with van der Waals surface area (Å²) in [4.78, 5) is 12.3. The average molecular weight is 344 g/mol. The van der Waals surface area contributed by atoms with E-state index < -0.39 is 0 Å². The summed E-state index contributed by atoms with van der Waals surface area (Å²) in [6, 6.07) is 10.1. The number of nitrogens with zero attached hydrogens (tertiary/aromatic N) is 3. The lowest BCUT2D eigenvalue weighted by Crippen LogP contribution is -2.30. The van der Waals surface area contributed by atoms with E-state index in [0.717, 1.165) is 29.4 Å². The normalized spacial score (nSPS) is 11.9. The number of nitrogens with one attached hydrogen (secondary N) is 1. The quantitative estimate of drug-likeness (QED) is 0.558. The number of carbonyl (C=O) groups is 1. The van der Waals surface area contributed by atoms with Gasteiger partial charge >= 0.3 is 0 Å². The smallest absolute Gasteiger partial charge is 0.230 e. The van der Waals surface area contributed by atoms with Crippen LogP contribution in [0.15, 0.2) is 48.1 Å². The molecule has 0 unspecified atom stereocenters. The van der Waals surface area contributed by atoms with Gasteiger partial charge in [-0.1, -0.05) is 61.5 Å². The first-order valence-corrected chi connectivity index (χ1v) is 9.12. The van der Waals surface area contributed by atoms with Crippen molar-refractivity contribution in [3.63, 3.8) is 0 Å². The minimum atomic E-state index is 0.00751. The molecule has 128 valence electrons. The fourth-order valence-corrected chi connectivity index (χ4v) is 3.27. The van der Waals surface area contributed by atoms with Crippen molar-refractivity contribution in [3.8, 4) is 0 Å². The number of amides is 1. The van der Waals surface area contributed by atoms with E-state index in [4.69, 9.17) is 0 Å².